The third-order valence-corrected chi connectivity index (χ3v) is 12.3. The van der Waals surface area contributed by atoms with Crippen LogP contribution in [0.25, 0.3) is 27.1 Å². The predicted molar refractivity (Wildman–Crippen MR) is 136 cm³/mol. The summed E-state index contributed by atoms with van der Waals surface area (Å²) in [4.78, 5) is 1.68. The van der Waals surface area contributed by atoms with E-state index in [1.807, 2.05) is 11.3 Å². The Bertz CT molecular complexity index is 1280. The SMILES string of the molecule is CC1=C2c3ccsc3C1[Si]2(C)C.CCc1ccc(-c2cccc3[cH-]c(C)cc23)cc1.[Cl-].[Cl-].[Zr+3]. The molecule has 1 unspecified atom stereocenters. The van der Waals surface area contributed by atoms with Crippen molar-refractivity contribution in [2.24, 2.45) is 0 Å². The second kappa shape index (κ2) is 10.8. The minimum Gasteiger partial charge on any atom is -1.00 e. The minimum absolute atomic E-state index is 0. The molecule has 33 heavy (non-hydrogen) atoms. The number of aryl methyl sites for hydroxylation is 2. The molecular formula is C28H29Cl2SSiZr. The van der Waals surface area contributed by atoms with Crippen LogP contribution in [0, 0.1) is 6.92 Å². The Kier molecular flexibility index (Phi) is 9.33. The van der Waals surface area contributed by atoms with Gasteiger partial charge in [0.15, 0.2) is 0 Å². The Morgan fingerprint density at radius 3 is 2.24 bits per heavy atom. The maximum Gasteiger partial charge on any atom is 3.00 e. The summed E-state index contributed by atoms with van der Waals surface area (Å²) in [5.41, 5.74) is 9.56. The van der Waals surface area contributed by atoms with Crippen molar-refractivity contribution < 1.29 is 51.0 Å². The summed E-state index contributed by atoms with van der Waals surface area (Å²) in [6.07, 6.45) is 1.10. The zero-order valence-corrected chi connectivity index (χ0v) is 25.6. The molecule has 0 nitrogen and oxygen atoms in total. The molecule has 0 fully saturated rings. The molecule has 1 radical (unpaired) electrons. The van der Waals surface area contributed by atoms with Gasteiger partial charge in [-0.1, -0.05) is 73.6 Å². The molecule has 1 aliphatic carbocycles. The fourth-order valence-electron chi connectivity index (χ4n) is 5.65. The third kappa shape index (κ3) is 4.69. The van der Waals surface area contributed by atoms with Crippen LogP contribution < -0.4 is 24.8 Å². The van der Waals surface area contributed by atoms with Crippen molar-refractivity contribution in [3.8, 4) is 11.1 Å². The normalized spacial score (nSPS) is 16.5. The molecule has 2 bridgehead atoms. The van der Waals surface area contributed by atoms with Gasteiger partial charge in [0.05, 0.1) is 8.07 Å². The number of fused-ring (bicyclic) bond motifs is 1. The smallest absolute Gasteiger partial charge is 1.00 e. The largest absolute Gasteiger partial charge is 3.00 e. The average Bonchev–Trinajstić information content (AvgIpc) is 3.44. The third-order valence-electron chi connectivity index (χ3n) is 6.99. The summed E-state index contributed by atoms with van der Waals surface area (Å²) in [6.45, 7) is 11.7. The van der Waals surface area contributed by atoms with Crippen molar-refractivity contribution in [1.82, 2.24) is 0 Å². The van der Waals surface area contributed by atoms with Crippen LogP contribution in [-0.4, -0.2) is 8.07 Å². The van der Waals surface area contributed by atoms with Crippen molar-refractivity contribution in [3.63, 3.8) is 0 Å². The summed E-state index contributed by atoms with van der Waals surface area (Å²) in [7, 11) is -0.972. The van der Waals surface area contributed by atoms with Crippen LogP contribution in [0.4, 0.5) is 0 Å². The molecule has 2 aliphatic heterocycles. The topological polar surface area (TPSA) is 0 Å². The molecule has 3 heterocycles. The standard InChI is InChI=1S/C18H17.C10H12SSi.2ClH.Zr/c1-3-14-7-9-15(10-8-14)17-6-4-5-16-11-13(2)12-18(16)17;1-6-9-7-4-5-11-8(7)10(6)12(9,2)3;;;/h4-12H,3H2,1-2H3;4-5,10H,1-3H3;2*1H;/q-1;;;;+3/p-2. The van der Waals surface area contributed by atoms with E-state index in [-0.39, 0.29) is 51.0 Å². The summed E-state index contributed by atoms with van der Waals surface area (Å²) in [5.74, 6) is 0. The first-order valence-corrected chi connectivity index (χ1v) is 14.9. The number of hydrogen-bond acceptors (Lipinski definition) is 1. The fraction of sp³-hybridized carbons (Fsp3) is 0.250. The Morgan fingerprint density at radius 1 is 0.939 bits per heavy atom. The molecular weight excluding hydrogens is 559 g/mol. The maximum absolute atomic E-state index is 2.51. The van der Waals surface area contributed by atoms with Crippen LogP contribution in [0.1, 0.15) is 41.0 Å². The zero-order chi connectivity index (χ0) is 21.0. The number of rotatable bonds is 2. The molecule has 4 aromatic rings. The van der Waals surface area contributed by atoms with Gasteiger partial charge in [0.1, 0.15) is 0 Å². The zero-order valence-electron chi connectivity index (χ0n) is 19.8. The van der Waals surface area contributed by atoms with Crippen molar-refractivity contribution in [1.29, 1.82) is 0 Å². The van der Waals surface area contributed by atoms with E-state index in [0.717, 1.165) is 12.0 Å². The van der Waals surface area contributed by atoms with Gasteiger partial charge >= 0.3 is 26.2 Å². The number of allylic oxidation sites excluding steroid dienone is 1. The summed E-state index contributed by atoms with van der Waals surface area (Å²) in [6, 6.07) is 22.3. The van der Waals surface area contributed by atoms with Gasteiger partial charge in [-0.15, -0.1) is 45.9 Å². The van der Waals surface area contributed by atoms with Crippen LogP contribution in [0.2, 0.25) is 13.1 Å². The van der Waals surface area contributed by atoms with Crippen LogP contribution in [0.3, 0.4) is 0 Å². The van der Waals surface area contributed by atoms with Gasteiger partial charge in [-0.3, -0.25) is 0 Å². The molecule has 7 rings (SSSR count). The molecule has 1 atom stereocenters. The molecule has 5 heteroatoms. The first kappa shape index (κ1) is 28.4. The maximum atomic E-state index is 2.51. The molecule has 3 aromatic carbocycles. The van der Waals surface area contributed by atoms with Gasteiger partial charge in [0, 0.05) is 10.4 Å². The Hall–Kier alpha value is -0.830. The van der Waals surface area contributed by atoms with Gasteiger partial charge in [0.2, 0.25) is 0 Å². The number of hydrogen-bond donors (Lipinski definition) is 0. The van der Waals surface area contributed by atoms with E-state index in [9.17, 15) is 0 Å². The number of thiophene rings is 1. The molecule has 0 saturated carbocycles. The number of benzene rings is 2. The first-order valence-electron chi connectivity index (χ1n) is 11.0. The van der Waals surface area contributed by atoms with Gasteiger partial charge in [-0.05, 0) is 41.5 Å². The van der Waals surface area contributed by atoms with E-state index >= 15 is 0 Å². The Balaban J connectivity index is 0.000000227. The van der Waals surface area contributed by atoms with Gasteiger partial charge < -0.3 is 24.8 Å². The van der Waals surface area contributed by atoms with E-state index < -0.39 is 8.07 Å². The molecule has 1 aromatic heterocycles. The van der Waals surface area contributed by atoms with Crippen LogP contribution >= 0.6 is 11.3 Å². The molecule has 3 aliphatic rings. The molecule has 0 spiro atoms. The van der Waals surface area contributed by atoms with Crippen molar-refractivity contribution >= 4 is 35.4 Å². The van der Waals surface area contributed by atoms with E-state index in [0.29, 0.717) is 0 Å². The van der Waals surface area contributed by atoms with E-state index in [2.05, 4.69) is 99.9 Å². The molecule has 169 valence electrons. The van der Waals surface area contributed by atoms with Gasteiger partial charge in [-0.2, -0.15) is 6.07 Å². The number of halogens is 2. The van der Waals surface area contributed by atoms with Crippen LogP contribution in [0.15, 0.2) is 71.6 Å². The van der Waals surface area contributed by atoms with Crippen LogP contribution in [0.5, 0.6) is 0 Å². The van der Waals surface area contributed by atoms with Crippen molar-refractivity contribution in [2.45, 2.75) is 45.8 Å². The molecule has 0 amide bonds. The first-order chi connectivity index (χ1) is 14.4. The second-order valence-electron chi connectivity index (χ2n) is 9.30. The van der Waals surface area contributed by atoms with E-state index in [1.54, 1.807) is 21.2 Å². The second-order valence-corrected chi connectivity index (χ2v) is 14.8. The average molecular weight is 588 g/mol. The van der Waals surface area contributed by atoms with Crippen LogP contribution in [-0.2, 0) is 32.6 Å². The summed E-state index contributed by atoms with van der Waals surface area (Å²) >= 11 is 1.96. The quantitative estimate of drug-likeness (QED) is 0.250. The van der Waals surface area contributed by atoms with E-state index in [4.69, 9.17) is 0 Å². The van der Waals surface area contributed by atoms with Crippen molar-refractivity contribution in [2.75, 3.05) is 0 Å². The van der Waals surface area contributed by atoms with Gasteiger partial charge in [-0.25, -0.2) is 0 Å². The summed E-state index contributed by atoms with van der Waals surface area (Å²) in [5, 5.41) is 6.71. The monoisotopic (exact) mass is 585 g/mol. The summed E-state index contributed by atoms with van der Waals surface area (Å²) < 4.78 is 0. The minimum atomic E-state index is -0.972. The Labute approximate surface area is 234 Å². The predicted octanol–water partition coefficient (Wildman–Crippen LogP) is 2.52. The molecule has 0 saturated heterocycles. The van der Waals surface area contributed by atoms with E-state index in [1.165, 1.54) is 33.0 Å². The van der Waals surface area contributed by atoms with Crippen molar-refractivity contribution in [3.05, 3.63) is 93.2 Å². The molecule has 0 N–H and O–H groups in total. The Morgan fingerprint density at radius 2 is 1.64 bits per heavy atom. The van der Waals surface area contributed by atoms with Gasteiger partial charge in [0.25, 0.3) is 0 Å². The fourth-order valence-corrected chi connectivity index (χ4v) is 12.0.